The molecule has 1 N–H and O–H groups in total. The van der Waals surface area contributed by atoms with Crippen LogP contribution < -0.4 is 5.32 Å². The first kappa shape index (κ1) is 17.7. The molecule has 128 valence electrons. The zero-order chi connectivity index (χ0) is 17.7. The van der Waals surface area contributed by atoms with E-state index in [4.69, 9.17) is 4.74 Å². The predicted octanol–water partition coefficient (Wildman–Crippen LogP) is 4.15. The summed E-state index contributed by atoms with van der Waals surface area (Å²) in [6, 6.07) is 7.47. The van der Waals surface area contributed by atoms with E-state index in [1.807, 2.05) is 0 Å². The summed E-state index contributed by atoms with van der Waals surface area (Å²) in [5.74, 6) is -0.303. The van der Waals surface area contributed by atoms with Crippen molar-refractivity contribution in [2.45, 2.75) is 38.8 Å². The molecule has 24 heavy (non-hydrogen) atoms. The van der Waals surface area contributed by atoms with Crippen LogP contribution in [-0.4, -0.2) is 21.5 Å². The van der Waals surface area contributed by atoms with Gasteiger partial charge in [-0.2, -0.15) is 5.10 Å². The van der Waals surface area contributed by atoms with Crippen molar-refractivity contribution in [3.8, 4) is 5.69 Å². The molecule has 2 aromatic rings. The SMILES string of the molecule is C=CC[C@H](NC(=O)OC(C)(C)C)c1ccn(-c2ccc(F)cc2)n1. The lowest BCUT2D eigenvalue weighted by Gasteiger charge is -2.22. The lowest BCUT2D eigenvalue weighted by atomic mass is 10.1. The maximum absolute atomic E-state index is 13.0. The molecule has 0 saturated carbocycles. The van der Waals surface area contributed by atoms with Crippen molar-refractivity contribution < 1.29 is 13.9 Å². The van der Waals surface area contributed by atoms with Gasteiger partial charge < -0.3 is 10.1 Å². The summed E-state index contributed by atoms with van der Waals surface area (Å²) < 4.78 is 19.9. The molecular weight excluding hydrogens is 309 g/mol. The van der Waals surface area contributed by atoms with Gasteiger partial charge in [-0.1, -0.05) is 6.08 Å². The second-order valence-corrected chi connectivity index (χ2v) is 6.38. The molecule has 1 heterocycles. The molecule has 1 aromatic carbocycles. The molecule has 0 unspecified atom stereocenters. The molecule has 0 fully saturated rings. The average molecular weight is 331 g/mol. The number of carbonyl (C=O) groups excluding carboxylic acids is 1. The van der Waals surface area contributed by atoms with Crippen LogP contribution in [0.25, 0.3) is 5.69 Å². The summed E-state index contributed by atoms with van der Waals surface area (Å²) in [6.07, 6.45) is 3.47. The summed E-state index contributed by atoms with van der Waals surface area (Å²) in [7, 11) is 0. The van der Waals surface area contributed by atoms with Gasteiger partial charge in [-0.3, -0.25) is 0 Å². The van der Waals surface area contributed by atoms with Crippen molar-refractivity contribution in [1.29, 1.82) is 0 Å². The van der Waals surface area contributed by atoms with Crippen LogP contribution in [0, 0.1) is 5.82 Å². The number of amides is 1. The smallest absolute Gasteiger partial charge is 0.408 e. The van der Waals surface area contributed by atoms with E-state index in [0.29, 0.717) is 12.1 Å². The molecule has 0 aliphatic heterocycles. The predicted molar refractivity (Wildman–Crippen MR) is 90.4 cm³/mol. The second kappa shape index (κ2) is 7.29. The number of ether oxygens (including phenoxy) is 1. The van der Waals surface area contributed by atoms with Gasteiger partial charge in [0, 0.05) is 6.20 Å². The average Bonchev–Trinajstić information content (AvgIpc) is 2.95. The monoisotopic (exact) mass is 331 g/mol. The number of rotatable bonds is 5. The molecule has 0 aliphatic carbocycles. The highest BCUT2D eigenvalue weighted by Crippen LogP contribution is 2.18. The number of benzene rings is 1. The van der Waals surface area contributed by atoms with Crippen molar-refractivity contribution in [2.24, 2.45) is 0 Å². The largest absolute Gasteiger partial charge is 0.444 e. The maximum Gasteiger partial charge on any atom is 0.408 e. The molecule has 2 rings (SSSR count). The van der Waals surface area contributed by atoms with Crippen molar-refractivity contribution in [3.05, 3.63) is 60.7 Å². The topological polar surface area (TPSA) is 56.1 Å². The summed E-state index contributed by atoms with van der Waals surface area (Å²) in [5.41, 5.74) is 0.832. The highest BCUT2D eigenvalue weighted by Gasteiger charge is 2.21. The summed E-state index contributed by atoms with van der Waals surface area (Å²) >= 11 is 0. The zero-order valence-corrected chi connectivity index (χ0v) is 14.1. The molecule has 0 aliphatic rings. The second-order valence-electron chi connectivity index (χ2n) is 6.38. The summed E-state index contributed by atoms with van der Waals surface area (Å²) in [5, 5.41) is 7.25. The van der Waals surface area contributed by atoms with Gasteiger partial charge in [-0.05, 0) is 57.5 Å². The number of halogens is 1. The first-order valence-electron chi connectivity index (χ1n) is 7.70. The minimum atomic E-state index is -0.573. The van der Waals surface area contributed by atoms with Gasteiger partial charge in [0.05, 0.1) is 17.4 Å². The molecule has 6 heteroatoms. The number of hydrogen-bond acceptors (Lipinski definition) is 3. The fourth-order valence-corrected chi connectivity index (χ4v) is 2.13. The van der Waals surface area contributed by atoms with Gasteiger partial charge in [0.15, 0.2) is 0 Å². The van der Waals surface area contributed by atoms with Crippen molar-refractivity contribution in [2.75, 3.05) is 0 Å². The van der Waals surface area contributed by atoms with Gasteiger partial charge in [0.1, 0.15) is 11.4 Å². The van der Waals surface area contributed by atoms with Gasteiger partial charge in [-0.15, -0.1) is 6.58 Å². The van der Waals surface area contributed by atoms with Crippen LogP contribution in [0.4, 0.5) is 9.18 Å². The van der Waals surface area contributed by atoms with Crippen molar-refractivity contribution in [3.63, 3.8) is 0 Å². The Kier molecular flexibility index (Phi) is 5.39. The van der Waals surface area contributed by atoms with Gasteiger partial charge in [-0.25, -0.2) is 13.9 Å². The number of alkyl carbamates (subject to hydrolysis) is 1. The molecule has 0 spiro atoms. The van der Waals surface area contributed by atoms with E-state index < -0.39 is 11.7 Å². The van der Waals surface area contributed by atoms with Gasteiger partial charge in [0.2, 0.25) is 0 Å². The van der Waals surface area contributed by atoms with E-state index in [2.05, 4.69) is 17.0 Å². The van der Waals surface area contributed by atoms with Crippen LogP contribution in [0.3, 0.4) is 0 Å². The first-order chi connectivity index (χ1) is 11.3. The zero-order valence-electron chi connectivity index (χ0n) is 14.1. The van der Waals surface area contributed by atoms with Crippen LogP contribution in [0.5, 0.6) is 0 Å². The third-order valence-electron chi connectivity index (χ3n) is 3.15. The van der Waals surface area contributed by atoms with Crippen LogP contribution in [0.1, 0.15) is 38.9 Å². The minimum Gasteiger partial charge on any atom is -0.444 e. The Bertz CT molecular complexity index is 702. The fourth-order valence-electron chi connectivity index (χ4n) is 2.13. The highest BCUT2D eigenvalue weighted by molar-refractivity contribution is 5.68. The molecule has 5 nitrogen and oxygen atoms in total. The number of nitrogens with zero attached hydrogens (tertiary/aromatic N) is 2. The van der Waals surface area contributed by atoms with Crippen molar-refractivity contribution >= 4 is 6.09 Å². The van der Waals surface area contributed by atoms with E-state index >= 15 is 0 Å². The Labute approximate surface area is 141 Å². The molecule has 0 saturated heterocycles. The Morgan fingerprint density at radius 3 is 2.62 bits per heavy atom. The number of nitrogens with one attached hydrogen (secondary N) is 1. The minimum absolute atomic E-state index is 0.303. The van der Waals surface area contributed by atoms with E-state index in [0.717, 1.165) is 5.69 Å². The van der Waals surface area contributed by atoms with E-state index in [9.17, 15) is 9.18 Å². The Morgan fingerprint density at radius 2 is 2.04 bits per heavy atom. The molecule has 1 amide bonds. The first-order valence-corrected chi connectivity index (χ1v) is 7.70. The van der Waals surface area contributed by atoms with Gasteiger partial charge >= 0.3 is 6.09 Å². The molecule has 0 radical (unpaired) electrons. The summed E-state index contributed by atoms with van der Waals surface area (Å²) in [4.78, 5) is 12.0. The van der Waals surface area contributed by atoms with Crippen LogP contribution in [-0.2, 0) is 4.74 Å². The fraction of sp³-hybridized carbons (Fsp3) is 0.333. The normalized spacial score (nSPS) is 12.5. The third-order valence-corrected chi connectivity index (χ3v) is 3.15. The highest BCUT2D eigenvalue weighted by atomic mass is 19.1. The molecule has 1 atom stereocenters. The van der Waals surface area contributed by atoms with E-state index in [-0.39, 0.29) is 11.9 Å². The standard InChI is InChI=1S/C18H22FN3O2/c1-5-6-15(20-17(23)24-18(2,3)4)16-11-12-22(21-16)14-9-7-13(19)8-10-14/h5,7-12,15H,1,6H2,2-4H3,(H,20,23)/t15-/m0/s1. The number of aromatic nitrogens is 2. The van der Waals surface area contributed by atoms with E-state index in [1.165, 1.54) is 12.1 Å². The molecule has 0 bridgehead atoms. The lowest BCUT2D eigenvalue weighted by molar-refractivity contribution is 0.0503. The Morgan fingerprint density at radius 1 is 1.38 bits per heavy atom. The van der Waals surface area contributed by atoms with Crippen LogP contribution in [0.15, 0.2) is 49.2 Å². The van der Waals surface area contributed by atoms with Gasteiger partial charge in [0.25, 0.3) is 0 Å². The quantitative estimate of drug-likeness (QED) is 0.837. The Hall–Kier alpha value is -2.63. The lowest BCUT2D eigenvalue weighted by Crippen LogP contribution is -2.35. The molecule has 1 aromatic heterocycles. The van der Waals surface area contributed by atoms with Crippen LogP contribution in [0.2, 0.25) is 0 Å². The van der Waals surface area contributed by atoms with Crippen molar-refractivity contribution in [1.82, 2.24) is 15.1 Å². The number of carbonyl (C=O) groups is 1. The summed E-state index contributed by atoms with van der Waals surface area (Å²) in [6.45, 7) is 9.13. The third kappa shape index (κ3) is 4.94. The van der Waals surface area contributed by atoms with Crippen LogP contribution >= 0.6 is 0 Å². The Balaban J connectivity index is 2.15. The number of hydrogen-bond donors (Lipinski definition) is 1. The molecular formula is C18H22FN3O2. The van der Waals surface area contributed by atoms with E-state index in [1.54, 1.807) is 55.9 Å². The maximum atomic E-state index is 13.0.